The molecule has 3 fully saturated rings. The molecule has 4 aromatic rings. The zero-order valence-electron chi connectivity index (χ0n) is 37.1. The minimum atomic E-state index is -1.92. The Morgan fingerprint density at radius 1 is 0.984 bits per heavy atom. The number of carbonyl (C=O) groups excluding carboxylic acids is 3. The number of anilines is 2. The third-order valence-corrected chi connectivity index (χ3v) is 12.9. The zero-order chi connectivity index (χ0) is 45.4. The number of ether oxygens (including phenoxy) is 3. The van der Waals surface area contributed by atoms with Gasteiger partial charge in [0.2, 0.25) is 11.8 Å². The van der Waals surface area contributed by atoms with Crippen LogP contribution in [0.1, 0.15) is 57.7 Å². The number of aromatic nitrogens is 3. The summed E-state index contributed by atoms with van der Waals surface area (Å²) < 4.78 is 32.6. The number of carbonyl (C=O) groups is 3. The molecule has 18 heteroatoms. The molecule has 344 valence electrons. The quantitative estimate of drug-likeness (QED) is 0.0944. The van der Waals surface area contributed by atoms with Crippen LogP contribution in [0, 0.1) is 12.3 Å². The molecule has 64 heavy (non-hydrogen) atoms. The molecule has 0 unspecified atom stereocenters. The van der Waals surface area contributed by atoms with Gasteiger partial charge in [-0.15, -0.1) is 21.5 Å². The van der Waals surface area contributed by atoms with Crippen LogP contribution in [-0.2, 0) is 30.4 Å². The van der Waals surface area contributed by atoms with Gasteiger partial charge < -0.3 is 45.5 Å². The van der Waals surface area contributed by atoms with Crippen molar-refractivity contribution in [3.63, 3.8) is 0 Å². The number of rotatable bonds is 19. The van der Waals surface area contributed by atoms with Crippen LogP contribution in [-0.4, -0.2) is 138 Å². The van der Waals surface area contributed by atoms with Gasteiger partial charge in [0.15, 0.2) is 11.5 Å². The highest BCUT2D eigenvalue weighted by Gasteiger charge is 2.53. The van der Waals surface area contributed by atoms with E-state index in [1.807, 2.05) is 58.0 Å². The number of nitrogens with zero attached hydrogens (tertiary/aromatic N) is 6. The van der Waals surface area contributed by atoms with E-state index in [4.69, 9.17) is 19.9 Å². The highest BCUT2D eigenvalue weighted by molar-refractivity contribution is 7.13. The molecule has 4 heterocycles. The first-order valence-electron chi connectivity index (χ1n) is 22.0. The van der Waals surface area contributed by atoms with Gasteiger partial charge in [-0.05, 0) is 67.9 Å². The summed E-state index contributed by atoms with van der Waals surface area (Å²) in [7, 11) is 0. The van der Waals surface area contributed by atoms with Crippen LogP contribution in [0.4, 0.5) is 15.9 Å². The number of aromatic hydroxyl groups is 1. The van der Waals surface area contributed by atoms with Crippen LogP contribution >= 0.6 is 11.3 Å². The van der Waals surface area contributed by atoms with Crippen molar-refractivity contribution in [2.75, 3.05) is 82.9 Å². The Morgan fingerprint density at radius 2 is 1.72 bits per heavy atom. The third kappa shape index (κ3) is 11.4. The molecule has 0 radical (unpaired) electrons. The number of halogens is 1. The molecular weight excluding hydrogens is 842 g/mol. The van der Waals surface area contributed by atoms with Crippen LogP contribution < -0.4 is 26.0 Å². The van der Waals surface area contributed by atoms with Crippen molar-refractivity contribution in [1.29, 1.82) is 0 Å². The molecule has 5 N–H and O–H groups in total. The molecule has 16 nitrogen and oxygen atoms in total. The van der Waals surface area contributed by atoms with Gasteiger partial charge in [-0.2, -0.15) is 0 Å². The fourth-order valence-electron chi connectivity index (χ4n) is 7.98. The molecule has 3 amide bonds. The van der Waals surface area contributed by atoms with Crippen molar-refractivity contribution in [3.8, 4) is 33.2 Å². The monoisotopic (exact) mass is 901 g/mol. The first-order chi connectivity index (χ1) is 30.7. The van der Waals surface area contributed by atoms with Crippen LogP contribution in [0.5, 0.6) is 11.5 Å². The highest BCUT2D eigenvalue weighted by atomic mass is 32.1. The number of amides is 3. The number of hydrogen-bond acceptors (Lipinski definition) is 14. The molecule has 2 aromatic carbocycles. The predicted octanol–water partition coefficient (Wildman–Crippen LogP) is 4.74. The molecule has 3 aliphatic rings. The lowest BCUT2D eigenvalue weighted by atomic mass is 9.85. The summed E-state index contributed by atoms with van der Waals surface area (Å²) in [4.78, 5) is 51.7. The molecule has 2 saturated heterocycles. The molecule has 0 spiro atoms. The van der Waals surface area contributed by atoms with E-state index in [9.17, 15) is 23.9 Å². The van der Waals surface area contributed by atoms with E-state index in [1.165, 1.54) is 16.2 Å². The number of phenols is 1. The van der Waals surface area contributed by atoms with Crippen molar-refractivity contribution in [3.05, 3.63) is 65.3 Å². The van der Waals surface area contributed by atoms with Crippen LogP contribution in [0.15, 0.2) is 54.0 Å². The van der Waals surface area contributed by atoms with Crippen LogP contribution in [0.25, 0.3) is 21.7 Å². The van der Waals surface area contributed by atoms with E-state index in [1.54, 1.807) is 23.7 Å². The Kier molecular flexibility index (Phi) is 15.0. The summed E-state index contributed by atoms with van der Waals surface area (Å²) in [5.74, 6) is -0.361. The molecule has 0 bridgehead atoms. The van der Waals surface area contributed by atoms with E-state index in [2.05, 4.69) is 35.6 Å². The van der Waals surface area contributed by atoms with Gasteiger partial charge in [-0.1, -0.05) is 45.0 Å². The summed E-state index contributed by atoms with van der Waals surface area (Å²) in [6, 6.07) is 13.1. The number of aryl methyl sites for hydroxylation is 1. The Hall–Kier alpha value is -5.43. The molecular formula is C46H60FN9O7S. The summed E-state index contributed by atoms with van der Waals surface area (Å²) in [5, 5.41) is 24.3. The van der Waals surface area contributed by atoms with Gasteiger partial charge >= 0.3 is 0 Å². The SMILES string of the molecule is Cc1ncsc1-c1ccc(CNC(=O)[C@@H]2CCCN2C(=O)[C@@H](NC(=O)C2(F)CC2)C(C)(C)C)c(OCCOCCOCCN2CCN(c3cc(-c4ccccc4O)nnc3N)CC2)c1. The Morgan fingerprint density at radius 3 is 2.42 bits per heavy atom. The first kappa shape index (κ1) is 46.6. The second-order valence-electron chi connectivity index (χ2n) is 17.7. The number of para-hydroxylation sites is 1. The number of hydrogen-bond donors (Lipinski definition) is 4. The average Bonchev–Trinajstić information content (AvgIpc) is 3.61. The van der Waals surface area contributed by atoms with E-state index in [0.29, 0.717) is 68.6 Å². The topological polar surface area (TPSA) is 198 Å². The van der Waals surface area contributed by atoms with Crippen LogP contribution in [0.3, 0.4) is 0 Å². The average molecular weight is 902 g/mol. The number of nitrogens with one attached hydrogen (secondary N) is 2. The summed E-state index contributed by atoms with van der Waals surface area (Å²) >= 11 is 1.54. The third-order valence-electron chi connectivity index (χ3n) is 12.0. The zero-order valence-corrected chi connectivity index (χ0v) is 37.9. The number of alkyl halides is 1. The Bertz CT molecular complexity index is 2260. The largest absolute Gasteiger partial charge is 0.507 e. The molecule has 2 aliphatic heterocycles. The Balaban J connectivity index is 0.847. The number of nitrogen functional groups attached to an aromatic ring is 1. The van der Waals surface area contributed by atoms with Crippen molar-refractivity contribution >= 4 is 40.6 Å². The minimum Gasteiger partial charge on any atom is -0.507 e. The van der Waals surface area contributed by atoms with Crippen molar-refractivity contribution in [2.24, 2.45) is 5.41 Å². The Labute approximate surface area is 377 Å². The molecule has 2 atom stereocenters. The predicted molar refractivity (Wildman–Crippen MR) is 243 cm³/mol. The lowest BCUT2D eigenvalue weighted by Gasteiger charge is -2.36. The maximum absolute atomic E-state index is 14.6. The fourth-order valence-corrected chi connectivity index (χ4v) is 8.78. The van der Waals surface area contributed by atoms with E-state index < -0.39 is 29.1 Å². The number of nitrogens with two attached hydrogens (primary N) is 1. The summed E-state index contributed by atoms with van der Waals surface area (Å²) in [6.45, 7) is 13.9. The van der Waals surface area contributed by atoms with Crippen LogP contribution in [0.2, 0.25) is 0 Å². The van der Waals surface area contributed by atoms with Crippen molar-refractivity contribution in [2.45, 2.75) is 77.7 Å². The lowest BCUT2D eigenvalue weighted by Crippen LogP contribution is -2.58. The van der Waals surface area contributed by atoms with E-state index >= 15 is 0 Å². The van der Waals surface area contributed by atoms with Gasteiger partial charge in [-0.25, -0.2) is 9.37 Å². The molecule has 1 aliphatic carbocycles. The van der Waals surface area contributed by atoms with Gasteiger partial charge in [0.1, 0.15) is 30.2 Å². The second kappa shape index (κ2) is 20.6. The maximum Gasteiger partial charge on any atom is 0.258 e. The standard InChI is InChI=1S/C46H60FN9O7S/c1-30-39(64-29-50-30)31-11-12-32(28-49-42(58)35-9-7-15-56(35)43(59)40(45(2,3)4)51-44(60)46(47)13-14-46)38(26-31)63-25-24-62-23-22-61-21-20-54-16-18-55(19-17-54)36-27-34(52-53-41(36)48)33-8-5-6-10-37(33)57/h5-6,8,10-12,26-27,29,35,40,57H,7,9,13-25,28H2,1-4H3,(H2,48,53)(H,49,58)(H,51,60)/t35-,40+/m0/s1. The lowest BCUT2D eigenvalue weighted by molar-refractivity contribution is -0.144. The first-order valence-corrected chi connectivity index (χ1v) is 22.9. The maximum atomic E-state index is 14.6. The normalized spacial score (nSPS) is 17.9. The highest BCUT2D eigenvalue weighted by Crippen LogP contribution is 2.41. The molecule has 1 saturated carbocycles. The fraction of sp³-hybridized carbons (Fsp3) is 0.522. The van der Waals surface area contributed by atoms with Crippen molar-refractivity contribution in [1.82, 2.24) is 35.6 Å². The smallest absolute Gasteiger partial charge is 0.258 e. The van der Waals surface area contributed by atoms with Crippen molar-refractivity contribution < 1.29 is 38.1 Å². The van der Waals surface area contributed by atoms with E-state index in [0.717, 1.165) is 60.1 Å². The number of benzene rings is 2. The minimum absolute atomic E-state index is 0.142. The number of phenolic OH excluding ortho intramolecular Hbond substituents is 1. The molecule has 7 rings (SSSR count). The summed E-state index contributed by atoms with van der Waals surface area (Å²) in [6.07, 6.45) is 1.41. The van der Waals surface area contributed by atoms with Gasteiger partial charge in [-0.3, -0.25) is 19.3 Å². The number of thiazole rings is 1. The van der Waals surface area contributed by atoms with E-state index in [-0.39, 0.29) is 43.6 Å². The number of piperazine rings is 1. The van der Waals surface area contributed by atoms with Gasteiger partial charge in [0.05, 0.1) is 53.9 Å². The van der Waals surface area contributed by atoms with Gasteiger partial charge in [0.25, 0.3) is 5.91 Å². The molecule has 2 aromatic heterocycles. The second-order valence-corrected chi connectivity index (χ2v) is 18.5. The van der Waals surface area contributed by atoms with Gasteiger partial charge in [0, 0.05) is 56.9 Å². The summed E-state index contributed by atoms with van der Waals surface area (Å²) in [5.41, 5.74) is 10.00. The number of likely N-dealkylation sites (tertiary alicyclic amines) is 1.